The highest BCUT2D eigenvalue weighted by molar-refractivity contribution is 5.96. The Bertz CT molecular complexity index is 985. The molecule has 1 amide bonds. The van der Waals surface area contributed by atoms with E-state index in [1.165, 1.54) is 0 Å². The number of fused-ring (bicyclic) bond motifs is 1. The van der Waals surface area contributed by atoms with E-state index in [1.54, 1.807) is 35.1 Å². The van der Waals surface area contributed by atoms with E-state index in [-0.39, 0.29) is 5.91 Å². The van der Waals surface area contributed by atoms with Crippen LogP contribution in [0.2, 0.25) is 0 Å². The summed E-state index contributed by atoms with van der Waals surface area (Å²) in [4.78, 5) is 24.3. The Morgan fingerprint density at radius 2 is 2.28 bits per heavy atom. The topological polar surface area (TPSA) is 123 Å². The normalized spacial score (nSPS) is 16.4. The zero-order valence-electron chi connectivity index (χ0n) is 13.4. The van der Waals surface area contributed by atoms with E-state index in [0.29, 0.717) is 17.9 Å². The second kappa shape index (κ2) is 5.98. The lowest BCUT2D eigenvalue weighted by Gasteiger charge is -2.23. The molecule has 0 saturated heterocycles. The number of amides is 1. The second-order valence-electron chi connectivity index (χ2n) is 5.77. The number of nitrogens with zero attached hydrogens (tertiary/aromatic N) is 5. The zero-order valence-corrected chi connectivity index (χ0v) is 13.4. The molecule has 3 aromatic rings. The molecule has 3 N–H and O–H groups in total. The van der Waals surface area contributed by atoms with Gasteiger partial charge in [-0.1, -0.05) is 6.07 Å². The van der Waals surface area contributed by atoms with Gasteiger partial charge in [-0.3, -0.25) is 9.48 Å². The SMILES string of the molecule is Cn1ncc2c1CCNC2C(=O)Nc1cccc(-n2nn[nH]c2=O)c1. The lowest BCUT2D eigenvalue weighted by molar-refractivity contribution is -0.118. The summed E-state index contributed by atoms with van der Waals surface area (Å²) in [6.07, 6.45) is 2.55. The first-order chi connectivity index (χ1) is 12.1. The average Bonchev–Trinajstić information content (AvgIpc) is 3.21. The Kier molecular flexibility index (Phi) is 3.65. The van der Waals surface area contributed by atoms with Gasteiger partial charge in [-0.15, -0.1) is 0 Å². The van der Waals surface area contributed by atoms with E-state index in [1.807, 2.05) is 7.05 Å². The highest BCUT2D eigenvalue weighted by atomic mass is 16.2. The van der Waals surface area contributed by atoms with Gasteiger partial charge in [-0.2, -0.15) is 9.78 Å². The third-order valence-corrected chi connectivity index (χ3v) is 4.21. The minimum absolute atomic E-state index is 0.182. The number of carbonyl (C=O) groups excluding carboxylic acids is 1. The number of H-pyrrole nitrogens is 1. The van der Waals surface area contributed by atoms with E-state index in [0.717, 1.165) is 22.4 Å². The van der Waals surface area contributed by atoms with Crippen LogP contribution in [0.5, 0.6) is 0 Å². The highest BCUT2D eigenvalue weighted by Gasteiger charge is 2.28. The number of hydrogen-bond acceptors (Lipinski definition) is 6. The molecule has 0 saturated carbocycles. The van der Waals surface area contributed by atoms with Gasteiger partial charge in [0, 0.05) is 37.0 Å². The van der Waals surface area contributed by atoms with Crippen LogP contribution >= 0.6 is 0 Å². The minimum atomic E-state index is -0.462. The zero-order chi connectivity index (χ0) is 17.4. The van der Waals surface area contributed by atoms with Gasteiger partial charge in [0.1, 0.15) is 6.04 Å². The van der Waals surface area contributed by atoms with Crippen molar-refractivity contribution in [2.24, 2.45) is 7.05 Å². The molecule has 1 aliphatic heterocycles. The van der Waals surface area contributed by atoms with E-state index >= 15 is 0 Å². The van der Waals surface area contributed by atoms with Crippen molar-refractivity contribution in [2.45, 2.75) is 12.5 Å². The summed E-state index contributed by atoms with van der Waals surface area (Å²) in [7, 11) is 1.87. The summed E-state index contributed by atoms with van der Waals surface area (Å²) in [5.41, 5.74) is 2.57. The summed E-state index contributed by atoms with van der Waals surface area (Å²) in [6.45, 7) is 0.707. The van der Waals surface area contributed by atoms with Crippen LogP contribution in [-0.2, 0) is 18.3 Å². The molecule has 0 fully saturated rings. The number of anilines is 1. The van der Waals surface area contributed by atoms with Gasteiger partial charge in [-0.25, -0.2) is 9.89 Å². The van der Waals surface area contributed by atoms with Crippen LogP contribution in [0.4, 0.5) is 5.69 Å². The molecule has 0 bridgehead atoms. The molecule has 0 aliphatic carbocycles. The summed E-state index contributed by atoms with van der Waals surface area (Å²) in [5.74, 6) is -0.182. The van der Waals surface area contributed by atoms with Crippen molar-refractivity contribution in [3.63, 3.8) is 0 Å². The van der Waals surface area contributed by atoms with E-state index < -0.39 is 11.7 Å². The molecule has 128 valence electrons. The number of carbonyl (C=O) groups is 1. The molecule has 10 heteroatoms. The van der Waals surface area contributed by atoms with Crippen molar-refractivity contribution in [3.05, 3.63) is 52.2 Å². The monoisotopic (exact) mass is 340 g/mol. The number of aryl methyl sites for hydroxylation is 1. The molecule has 3 heterocycles. The lowest BCUT2D eigenvalue weighted by atomic mass is 10.0. The summed E-state index contributed by atoms with van der Waals surface area (Å²) in [5, 5.41) is 19.7. The molecule has 25 heavy (non-hydrogen) atoms. The van der Waals surface area contributed by atoms with E-state index in [2.05, 4.69) is 31.3 Å². The largest absolute Gasteiger partial charge is 0.365 e. The third kappa shape index (κ3) is 2.72. The predicted molar refractivity (Wildman–Crippen MR) is 88.3 cm³/mol. The molecular weight excluding hydrogens is 324 g/mol. The fourth-order valence-corrected chi connectivity index (χ4v) is 3.00. The van der Waals surface area contributed by atoms with Crippen LogP contribution < -0.4 is 16.3 Å². The van der Waals surface area contributed by atoms with Crippen molar-refractivity contribution in [1.29, 1.82) is 0 Å². The first kappa shape index (κ1) is 15.3. The van der Waals surface area contributed by atoms with Crippen LogP contribution in [-0.4, -0.2) is 42.4 Å². The summed E-state index contributed by atoms with van der Waals surface area (Å²) >= 11 is 0. The summed E-state index contributed by atoms with van der Waals surface area (Å²) < 4.78 is 2.92. The number of nitrogens with one attached hydrogen (secondary N) is 3. The Morgan fingerprint density at radius 3 is 3.08 bits per heavy atom. The molecule has 0 radical (unpaired) electrons. The smallest absolute Gasteiger partial charge is 0.324 e. The Balaban J connectivity index is 1.58. The maximum Gasteiger partial charge on any atom is 0.365 e. The average molecular weight is 340 g/mol. The standard InChI is InChI=1S/C15H16N8O2/c1-22-12-5-6-16-13(11(12)8-17-22)14(24)18-9-3-2-4-10(7-9)23-15(25)19-20-21-23/h2-4,7-8,13,16H,5-6H2,1H3,(H,18,24)(H,19,21,25). The first-order valence-corrected chi connectivity index (χ1v) is 7.79. The Labute approximate surface area is 141 Å². The number of hydrogen-bond donors (Lipinski definition) is 3. The second-order valence-corrected chi connectivity index (χ2v) is 5.77. The highest BCUT2D eigenvalue weighted by Crippen LogP contribution is 2.24. The maximum atomic E-state index is 12.7. The molecule has 1 atom stereocenters. The molecule has 1 aliphatic rings. The number of benzene rings is 1. The van der Waals surface area contributed by atoms with Gasteiger partial charge in [0.2, 0.25) is 5.91 Å². The van der Waals surface area contributed by atoms with Crippen LogP contribution in [0, 0.1) is 0 Å². The first-order valence-electron chi connectivity index (χ1n) is 7.79. The van der Waals surface area contributed by atoms with Crippen LogP contribution in [0.1, 0.15) is 17.3 Å². The van der Waals surface area contributed by atoms with Crippen molar-refractivity contribution < 1.29 is 4.79 Å². The predicted octanol–water partition coefficient (Wildman–Crippen LogP) is -0.485. The van der Waals surface area contributed by atoms with Gasteiger partial charge in [-0.05, 0) is 28.6 Å². The number of aromatic nitrogens is 6. The molecule has 1 aromatic carbocycles. The van der Waals surface area contributed by atoms with E-state index in [4.69, 9.17) is 0 Å². The van der Waals surface area contributed by atoms with Crippen LogP contribution in [0.15, 0.2) is 35.3 Å². The Hall–Kier alpha value is -3.27. The van der Waals surface area contributed by atoms with Gasteiger partial charge in [0.05, 0.1) is 11.9 Å². The van der Waals surface area contributed by atoms with Gasteiger partial charge in [0.25, 0.3) is 0 Å². The fourth-order valence-electron chi connectivity index (χ4n) is 3.00. The van der Waals surface area contributed by atoms with Crippen LogP contribution in [0.25, 0.3) is 5.69 Å². The molecular formula is C15H16N8O2. The fraction of sp³-hybridized carbons (Fsp3) is 0.267. The van der Waals surface area contributed by atoms with E-state index in [9.17, 15) is 9.59 Å². The van der Waals surface area contributed by atoms with Crippen molar-refractivity contribution in [2.75, 3.05) is 11.9 Å². The number of rotatable bonds is 3. The Morgan fingerprint density at radius 1 is 1.40 bits per heavy atom. The lowest BCUT2D eigenvalue weighted by Crippen LogP contribution is -2.38. The molecule has 4 rings (SSSR count). The number of tetrazole rings is 1. The third-order valence-electron chi connectivity index (χ3n) is 4.21. The summed E-state index contributed by atoms with van der Waals surface area (Å²) in [6, 6.07) is 6.39. The molecule has 1 unspecified atom stereocenters. The van der Waals surface area contributed by atoms with Gasteiger partial charge < -0.3 is 10.6 Å². The van der Waals surface area contributed by atoms with Crippen LogP contribution in [0.3, 0.4) is 0 Å². The van der Waals surface area contributed by atoms with Gasteiger partial charge in [0.15, 0.2) is 0 Å². The number of aromatic amines is 1. The van der Waals surface area contributed by atoms with Crippen molar-refractivity contribution >= 4 is 11.6 Å². The minimum Gasteiger partial charge on any atom is -0.324 e. The van der Waals surface area contributed by atoms with Gasteiger partial charge >= 0.3 is 5.69 Å². The maximum absolute atomic E-state index is 12.7. The molecule has 10 nitrogen and oxygen atoms in total. The molecule has 2 aromatic heterocycles. The molecule has 0 spiro atoms. The van der Waals surface area contributed by atoms with Crippen molar-refractivity contribution in [3.8, 4) is 5.69 Å². The van der Waals surface area contributed by atoms with Crippen molar-refractivity contribution in [1.82, 2.24) is 35.3 Å². The quantitative estimate of drug-likeness (QED) is 0.591.